The molecule has 1 unspecified atom stereocenters. The Kier molecular flexibility index (Phi) is 6.03. The summed E-state index contributed by atoms with van der Waals surface area (Å²) in [7, 11) is 0. The van der Waals surface area contributed by atoms with Gasteiger partial charge in [-0.15, -0.1) is 0 Å². The van der Waals surface area contributed by atoms with E-state index < -0.39 is 11.9 Å². The SMILES string of the molecule is CCN(CC)C(=O)COc1ccc(C(C)C(=O)O)cc1. The highest BCUT2D eigenvalue weighted by atomic mass is 16.5. The fourth-order valence-electron chi connectivity index (χ4n) is 1.81. The Labute approximate surface area is 119 Å². The molecule has 0 aliphatic rings. The number of carboxylic acids is 1. The third kappa shape index (κ3) is 4.26. The van der Waals surface area contributed by atoms with Crippen LogP contribution in [0, 0.1) is 0 Å². The van der Waals surface area contributed by atoms with Crippen LogP contribution in [0.25, 0.3) is 0 Å². The number of carbonyl (C=O) groups excluding carboxylic acids is 1. The number of rotatable bonds is 7. The number of aliphatic carboxylic acids is 1. The zero-order valence-electron chi connectivity index (χ0n) is 12.1. The Morgan fingerprint density at radius 3 is 2.20 bits per heavy atom. The summed E-state index contributed by atoms with van der Waals surface area (Å²) in [6.45, 7) is 6.78. The minimum atomic E-state index is -0.865. The molecule has 0 aromatic heterocycles. The predicted molar refractivity (Wildman–Crippen MR) is 75.9 cm³/mol. The van der Waals surface area contributed by atoms with Crippen LogP contribution in [0.2, 0.25) is 0 Å². The van der Waals surface area contributed by atoms with Gasteiger partial charge in [-0.25, -0.2) is 0 Å². The molecule has 0 aliphatic carbocycles. The Balaban J connectivity index is 2.58. The monoisotopic (exact) mass is 279 g/mol. The van der Waals surface area contributed by atoms with Crippen molar-refractivity contribution in [2.24, 2.45) is 0 Å². The molecule has 5 heteroatoms. The van der Waals surface area contributed by atoms with Crippen molar-refractivity contribution in [3.8, 4) is 5.75 Å². The van der Waals surface area contributed by atoms with Gasteiger partial charge in [0.05, 0.1) is 5.92 Å². The molecule has 0 bridgehead atoms. The lowest BCUT2D eigenvalue weighted by Crippen LogP contribution is -2.34. The maximum atomic E-state index is 11.8. The van der Waals surface area contributed by atoms with Crippen LogP contribution in [0.15, 0.2) is 24.3 Å². The largest absolute Gasteiger partial charge is 0.484 e. The van der Waals surface area contributed by atoms with Crippen molar-refractivity contribution in [2.75, 3.05) is 19.7 Å². The first kappa shape index (κ1) is 16.0. The van der Waals surface area contributed by atoms with Crippen LogP contribution in [0.1, 0.15) is 32.3 Å². The first-order chi connectivity index (χ1) is 9.49. The molecule has 0 spiro atoms. The number of likely N-dealkylation sites (N-methyl/N-ethyl adjacent to an activating group) is 1. The molecule has 5 nitrogen and oxygen atoms in total. The molecule has 110 valence electrons. The van der Waals surface area contributed by atoms with Crippen molar-refractivity contribution in [3.05, 3.63) is 29.8 Å². The van der Waals surface area contributed by atoms with E-state index in [1.807, 2.05) is 13.8 Å². The Morgan fingerprint density at radius 2 is 1.75 bits per heavy atom. The molecule has 0 saturated carbocycles. The number of carbonyl (C=O) groups is 2. The van der Waals surface area contributed by atoms with Crippen molar-refractivity contribution >= 4 is 11.9 Å². The minimum absolute atomic E-state index is 0.00445. The summed E-state index contributed by atoms with van der Waals surface area (Å²) in [6.07, 6.45) is 0. The highest BCUT2D eigenvalue weighted by Crippen LogP contribution is 2.19. The molecule has 20 heavy (non-hydrogen) atoms. The van der Waals surface area contributed by atoms with Crippen molar-refractivity contribution in [1.82, 2.24) is 4.90 Å². The molecule has 1 rings (SSSR count). The van der Waals surface area contributed by atoms with Gasteiger partial charge in [0.2, 0.25) is 0 Å². The zero-order valence-corrected chi connectivity index (χ0v) is 12.1. The summed E-state index contributed by atoms with van der Waals surface area (Å²) in [5, 5.41) is 8.91. The van der Waals surface area contributed by atoms with Gasteiger partial charge in [0.25, 0.3) is 5.91 Å². The molecule has 1 amide bonds. The maximum absolute atomic E-state index is 11.8. The van der Waals surface area contributed by atoms with E-state index in [0.717, 1.165) is 0 Å². The molecule has 1 aromatic carbocycles. The molecule has 1 aromatic rings. The number of carboxylic acid groups (broad SMARTS) is 1. The van der Waals surface area contributed by atoms with Crippen LogP contribution < -0.4 is 4.74 Å². The van der Waals surface area contributed by atoms with Gasteiger partial charge in [0.15, 0.2) is 6.61 Å². The molecule has 0 saturated heterocycles. The molecule has 0 aliphatic heterocycles. The topological polar surface area (TPSA) is 66.8 Å². The van der Waals surface area contributed by atoms with Crippen molar-refractivity contribution in [2.45, 2.75) is 26.7 Å². The van der Waals surface area contributed by atoms with Gasteiger partial charge < -0.3 is 14.7 Å². The van der Waals surface area contributed by atoms with Gasteiger partial charge in [0, 0.05) is 13.1 Å². The van der Waals surface area contributed by atoms with E-state index >= 15 is 0 Å². The smallest absolute Gasteiger partial charge is 0.310 e. The van der Waals surface area contributed by atoms with Gasteiger partial charge in [-0.3, -0.25) is 9.59 Å². The number of hydrogen-bond acceptors (Lipinski definition) is 3. The maximum Gasteiger partial charge on any atom is 0.310 e. The summed E-state index contributed by atoms with van der Waals surface area (Å²) in [4.78, 5) is 24.3. The van der Waals surface area contributed by atoms with Crippen LogP contribution in [-0.2, 0) is 9.59 Å². The van der Waals surface area contributed by atoms with Gasteiger partial charge in [-0.05, 0) is 38.5 Å². The average Bonchev–Trinajstić information content (AvgIpc) is 2.46. The van der Waals surface area contributed by atoms with Gasteiger partial charge in [-0.2, -0.15) is 0 Å². The van der Waals surface area contributed by atoms with E-state index in [-0.39, 0.29) is 12.5 Å². The van der Waals surface area contributed by atoms with Crippen molar-refractivity contribution in [3.63, 3.8) is 0 Å². The molecule has 0 fully saturated rings. The molecule has 0 radical (unpaired) electrons. The lowest BCUT2D eigenvalue weighted by Gasteiger charge is -2.18. The zero-order chi connectivity index (χ0) is 15.1. The summed E-state index contributed by atoms with van der Waals surface area (Å²) in [6, 6.07) is 6.78. The number of hydrogen-bond donors (Lipinski definition) is 1. The molecule has 1 atom stereocenters. The lowest BCUT2D eigenvalue weighted by molar-refractivity contribution is -0.138. The van der Waals surface area contributed by atoms with Crippen molar-refractivity contribution in [1.29, 1.82) is 0 Å². The van der Waals surface area contributed by atoms with E-state index in [2.05, 4.69) is 0 Å². The predicted octanol–water partition coefficient (Wildman–Crippen LogP) is 2.12. The van der Waals surface area contributed by atoms with Gasteiger partial charge in [-0.1, -0.05) is 12.1 Å². The normalized spacial score (nSPS) is 11.8. The second-order valence-electron chi connectivity index (χ2n) is 4.48. The fourth-order valence-corrected chi connectivity index (χ4v) is 1.81. The van der Waals surface area contributed by atoms with E-state index in [1.54, 1.807) is 36.1 Å². The number of ether oxygens (including phenoxy) is 1. The Hall–Kier alpha value is -2.04. The summed E-state index contributed by atoms with van der Waals surface area (Å²) in [5.74, 6) is -0.915. The van der Waals surface area contributed by atoms with E-state index in [0.29, 0.717) is 24.4 Å². The Morgan fingerprint density at radius 1 is 1.20 bits per heavy atom. The third-order valence-corrected chi connectivity index (χ3v) is 3.23. The van der Waals surface area contributed by atoms with Crippen LogP contribution >= 0.6 is 0 Å². The summed E-state index contributed by atoms with van der Waals surface area (Å²) < 4.78 is 5.41. The van der Waals surface area contributed by atoms with Gasteiger partial charge in [0.1, 0.15) is 5.75 Å². The number of nitrogens with zero attached hydrogens (tertiary/aromatic N) is 1. The van der Waals surface area contributed by atoms with Gasteiger partial charge >= 0.3 is 5.97 Å². The quantitative estimate of drug-likeness (QED) is 0.830. The van der Waals surface area contributed by atoms with E-state index in [1.165, 1.54) is 0 Å². The Bertz CT molecular complexity index is 451. The third-order valence-electron chi connectivity index (χ3n) is 3.23. The van der Waals surface area contributed by atoms with E-state index in [9.17, 15) is 9.59 Å². The highest BCUT2D eigenvalue weighted by molar-refractivity contribution is 5.77. The number of benzene rings is 1. The average molecular weight is 279 g/mol. The lowest BCUT2D eigenvalue weighted by atomic mass is 10.0. The highest BCUT2D eigenvalue weighted by Gasteiger charge is 2.14. The molecule has 1 N–H and O–H groups in total. The van der Waals surface area contributed by atoms with Crippen LogP contribution in [0.3, 0.4) is 0 Å². The number of amides is 1. The minimum Gasteiger partial charge on any atom is -0.484 e. The molecule has 0 heterocycles. The molecular weight excluding hydrogens is 258 g/mol. The first-order valence-corrected chi connectivity index (χ1v) is 6.72. The van der Waals surface area contributed by atoms with Crippen molar-refractivity contribution < 1.29 is 19.4 Å². The fraction of sp³-hybridized carbons (Fsp3) is 0.467. The van der Waals surface area contributed by atoms with Crippen LogP contribution in [-0.4, -0.2) is 41.6 Å². The second kappa shape index (κ2) is 7.53. The summed E-state index contributed by atoms with van der Waals surface area (Å²) in [5.41, 5.74) is 0.708. The summed E-state index contributed by atoms with van der Waals surface area (Å²) >= 11 is 0. The second-order valence-corrected chi connectivity index (χ2v) is 4.48. The van der Waals surface area contributed by atoms with Crippen LogP contribution in [0.5, 0.6) is 5.75 Å². The van der Waals surface area contributed by atoms with E-state index in [4.69, 9.17) is 9.84 Å². The first-order valence-electron chi connectivity index (χ1n) is 6.72. The van der Waals surface area contributed by atoms with Crippen LogP contribution in [0.4, 0.5) is 0 Å². The molecular formula is C15H21NO4. The standard InChI is InChI=1S/C15H21NO4/c1-4-16(5-2)14(17)10-20-13-8-6-12(7-9-13)11(3)15(18)19/h6-9,11H,4-5,10H2,1-3H3,(H,18,19).